The maximum atomic E-state index is 3.85. The summed E-state index contributed by atoms with van der Waals surface area (Å²) in [4.78, 5) is 0. The lowest BCUT2D eigenvalue weighted by atomic mass is 10.0. The Morgan fingerprint density at radius 2 is 1.58 bits per heavy atom. The minimum Gasteiger partial charge on any atom is -0.0991 e. The Hall–Kier alpha value is -1.12. The summed E-state index contributed by atoms with van der Waals surface area (Å²) in [6.45, 7) is 16.8. The molecule has 0 aliphatic heterocycles. The summed E-state index contributed by atoms with van der Waals surface area (Å²) >= 11 is 0. The van der Waals surface area contributed by atoms with Crippen LogP contribution in [0.15, 0.2) is 84.6 Å². The zero-order valence-corrected chi connectivity index (χ0v) is 17.6. The zero-order chi connectivity index (χ0) is 18.4. The summed E-state index contributed by atoms with van der Waals surface area (Å²) in [6.07, 6.45) is 23.0. The van der Waals surface area contributed by atoms with E-state index in [4.69, 9.17) is 0 Å². The zero-order valence-electron chi connectivity index (χ0n) is 16.0. The molecule has 24 heavy (non-hydrogen) atoms. The van der Waals surface area contributed by atoms with E-state index in [2.05, 4.69) is 89.0 Å². The van der Waals surface area contributed by atoms with Gasteiger partial charge in [-0.3, -0.25) is 0 Å². The first-order chi connectivity index (χ1) is 11.4. The van der Waals surface area contributed by atoms with Crippen LogP contribution in [0.25, 0.3) is 0 Å². The van der Waals surface area contributed by atoms with Crippen molar-refractivity contribution in [3.05, 3.63) is 84.6 Å². The van der Waals surface area contributed by atoms with E-state index in [-0.39, 0.29) is 4.75 Å². The Kier molecular flexibility index (Phi) is 12.6. The first-order valence-electron chi connectivity index (χ1n) is 8.35. The van der Waals surface area contributed by atoms with Crippen LogP contribution in [-0.4, -0.2) is 10.00 Å². The molecule has 0 N–H and O–H groups in total. The Labute approximate surface area is 157 Å². The molecule has 0 fully saturated rings. The minimum absolute atomic E-state index is 0.00678. The first-order valence-corrected chi connectivity index (χ1v) is 10.6. The smallest absolute Gasteiger partial charge is 0.0455 e. The SMILES string of the molecule is C=C\C=C(/C=C\C=C/C)C(C)(C)SSC(C)C(/C=C\C)=C/C=C\C. The normalized spacial score (nSPS) is 16.1. The molecular weight excluding hydrogens is 328 g/mol. The highest BCUT2D eigenvalue weighted by Crippen LogP contribution is 2.44. The van der Waals surface area contributed by atoms with E-state index in [0.717, 1.165) is 0 Å². The first kappa shape index (κ1) is 22.9. The Morgan fingerprint density at radius 1 is 0.917 bits per heavy atom. The molecule has 0 saturated carbocycles. The average molecular weight is 361 g/mol. The summed E-state index contributed by atoms with van der Waals surface area (Å²) in [5.41, 5.74) is 2.60. The highest BCUT2D eigenvalue weighted by atomic mass is 33.1. The highest BCUT2D eigenvalue weighted by molar-refractivity contribution is 8.77. The molecule has 2 heteroatoms. The molecular formula is C22H32S2. The average Bonchev–Trinajstić information content (AvgIpc) is 2.56. The van der Waals surface area contributed by atoms with Crippen molar-refractivity contribution >= 4 is 21.6 Å². The highest BCUT2D eigenvalue weighted by Gasteiger charge is 2.24. The fraction of sp³-hybridized carbons (Fsp3) is 0.364. The Morgan fingerprint density at radius 3 is 2.12 bits per heavy atom. The summed E-state index contributed by atoms with van der Waals surface area (Å²) in [6, 6.07) is 0. The molecule has 0 aromatic heterocycles. The van der Waals surface area contributed by atoms with Crippen LogP contribution in [0.1, 0.15) is 41.5 Å². The second-order valence-electron chi connectivity index (χ2n) is 5.77. The topological polar surface area (TPSA) is 0 Å². The van der Waals surface area contributed by atoms with Gasteiger partial charge in [0.15, 0.2) is 0 Å². The van der Waals surface area contributed by atoms with Crippen molar-refractivity contribution in [1.29, 1.82) is 0 Å². The monoisotopic (exact) mass is 360 g/mol. The van der Waals surface area contributed by atoms with Gasteiger partial charge in [-0.25, -0.2) is 0 Å². The third-order valence-electron chi connectivity index (χ3n) is 3.28. The predicted molar refractivity (Wildman–Crippen MR) is 119 cm³/mol. The molecule has 0 amide bonds. The van der Waals surface area contributed by atoms with Gasteiger partial charge in [0.2, 0.25) is 0 Å². The molecule has 0 saturated heterocycles. The quantitative estimate of drug-likeness (QED) is 0.287. The Bertz CT molecular complexity index is 540. The van der Waals surface area contributed by atoms with E-state index in [0.29, 0.717) is 5.25 Å². The van der Waals surface area contributed by atoms with Crippen LogP contribution in [0.2, 0.25) is 0 Å². The standard InChI is InChI=1S/C22H32S2/c1-8-12-14-18-21(16-11-4)22(6,7)24-23-19(5)20(15-10-3)17-13-9-2/h8-19H,4H2,1-3,5-7H3/b12-8-,13-9-,15-10-,18-14-,20-17+,21-16+. The van der Waals surface area contributed by atoms with Crippen LogP contribution >= 0.6 is 21.6 Å². The van der Waals surface area contributed by atoms with E-state index in [1.165, 1.54) is 11.1 Å². The van der Waals surface area contributed by atoms with Crippen molar-refractivity contribution in [3.63, 3.8) is 0 Å². The van der Waals surface area contributed by atoms with Crippen molar-refractivity contribution in [2.75, 3.05) is 0 Å². The molecule has 0 aliphatic carbocycles. The van der Waals surface area contributed by atoms with Crippen LogP contribution in [0.3, 0.4) is 0 Å². The van der Waals surface area contributed by atoms with Crippen LogP contribution in [0.5, 0.6) is 0 Å². The lowest BCUT2D eigenvalue weighted by Gasteiger charge is -2.26. The van der Waals surface area contributed by atoms with Crippen molar-refractivity contribution in [2.45, 2.75) is 51.5 Å². The minimum atomic E-state index is 0.00678. The van der Waals surface area contributed by atoms with E-state index < -0.39 is 0 Å². The van der Waals surface area contributed by atoms with Gasteiger partial charge in [-0.05, 0) is 52.7 Å². The van der Waals surface area contributed by atoms with Gasteiger partial charge in [-0.2, -0.15) is 0 Å². The van der Waals surface area contributed by atoms with Gasteiger partial charge in [-0.15, -0.1) is 0 Å². The van der Waals surface area contributed by atoms with E-state index in [1.54, 1.807) is 0 Å². The molecule has 0 nitrogen and oxygen atoms in total. The molecule has 0 heterocycles. The lowest BCUT2D eigenvalue weighted by molar-refractivity contribution is 0.864. The lowest BCUT2D eigenvalue weighted by Crippen LogP contribution is -2.16. The van der Waals surface area contributed by atoms with Gasteiger partial charge in [0, 0.05) is 10.00 Å². The molecule has 0 aromatic carbocycles. The van der Waals surface area contributed by atoms with Gasteiger partial charge < -0.3 is 0 Å². The molecule has 0 bridgehead atoms. The number of rotatable bonds is 10. The number of hydrogen-bond donors (Lipinski definition) is 0. The third kappa shape index (κ3) is 9.24. The third-order valence-corrected chi connectivity index (χ3v) is 7.00. The van der Waals surface area contributed by atoms with Gasteiger partial charge in [0.1, 0.15) is 0 Å². The maximum absolute atomic E-state index is 3.85. The van der Waals surface area contributed by atoms with Gasteiger partial charge in [-0.1, -0.05) is 95.0 Å². The summed E-state index contributed by atoms with van der Waals surface area (Å²) < 4.78 is 0.00678. The predicted octanol–water partition coefficient (Wildman–Crippen LogP) is 7.86. The largest absolute Gasteiger partial charge is 0.0991 e. The summed E-state index contributed by atoms with van der Waals surface area (Å²) in [7, 11) is 3.82. The molecule has 0 spiro atoms. The second kappa shape index (κ2) is 13.2. The molecule has 0 aliphatic rings. The van der Waals surface area contributed by atoms with Gasteiger partial charge in [0.05, 0.1) is 0 Å². The second-order valence-corrected chi connectivity index (χ2v) is 8.93. The number of hydrogen-bond acceptors (Lipinski definition) is 2. The molecule has 0 aromatic rings. The van der Waals surface area contributed by atoms with Gasteiger partial charge in [0.25, 0.3) is 0 Å². The summed E-state index contributed by atoms with van der Waals surface area (Å²) in [5.74, 6) is 0. The van der Waals surface area contributed by atoms with Crippen molar-refractivity contribution in [3.8, 4) is 0 Å². The van der Waals surface area contributed by atoms with E-state index >= 15 is 0 Å². The van der Waals surface area contributed by atoms with Crippen molar-refractivity contribution in [2.24, 2.45) is 0 Å². The van der Waals surface area contributed by atoms with E-state index in [1.807, 2.05) is 47.6 Å². The summed E-state index contributed by atoms with van der Waals surface area (Å²) in [5, 5.41) is 0.422. The molecule has 0 radical (unpaired) electrons. The van der Waals surface area contributed by atoms with Crippen LogP contribution in [0.4, 0.5) is 0 Å². The fourth-order valence-corrected chi connectivity index (χ4v) is 4.54. The van der Waals surface area contributed by atoms with E-state index in [9.17, 15) is 0 Å². The van der Waals surface area contributed by atoms with Gasteiger partial charge >= 0.3 is 0 Å². The molecule has 132 valence electrons. The van der Waals surface area contributed by atoms with Crippen molar-refractivity contribution in [1.82, 2.24) is 0 Å². The molecule has 1 unspecified atom stereocenters. The van der Waals surface area contributed by atoms with Crippen molar-refractivity contribution < 1.29 is 0 Å². The molecule has 0 rings (SSSR count). The van der Waals surface area contributed by atoms with Crippen LogP contribution in [-0.2, 0) is 0 Å². The van der Waals surface area contributed by atoms with Crippen LogP contribution in [0, 0.1) is 0 Å². The Balaban J connectivity index is 5.12. The fourth-order valence-electron chi connectivity index (χ4n) is 1.88. The molecule has 1 atom stereocenters. The number of allylic oxidation sites excluding steroid dienone is 11. The maximum Gasteiger partial charge on any atom is 0.0455 e. The van der Waals surface area contributed by atoms with Crippen LogP contribution < -0.4 is 0 Å².